The van der Waals surface area contributed by atoms with Gasteiger partial charge in [0.15, 0.2) is 0 Å². The fourth-order valence-electron chi connectivity index (χ4n) is 1.45. The van der Waals surface area contributed by atoms with Gasteiger partial charge in [-0.3, -0.25) is 14.9 Å². The Hall–Kier alpha value is -1.70. The highest BCUT2D eigenvalue weighted by atomic mass is 79.9. The van der Waals surface area contributed by atoms with Crippen molar-refractivity contribution in [2.75, 3.05) is 24.6 Å². The molecule has 0 radical (unpaired) electrons. The summed E-state index contributed by atoms with van der Waals surface area (Å²) < 4.78 is 5.33. The highest BCUT2D eigenvalue weighted by molar-refractivity contribution is 9.10. The zero-order valence-corrected chi connectivity index (χ0v) is 12.2. The summed E-state index contributed by atoms with van der Waals surface area (Å²) in [7, 11) is 0. The number of pyridine rings is 1. The van der Waals surface area contributed by atoms with E-state index in [1.807, 2.05) is 6.92 Å². The van der Waals surface area contributed by atoms with Crippen LogP contribution in [0.2, 0.25) is 0 Å². The number of hydrogen-bond acceptors (Lipinski definition) is 6. The number of likely N-dealkylation sites (N-methyl/N-ethyl adjacent to an activating group) is 1. The second-order valence-electron chi connectivity index (χ2n) is 3.58. The van der Waals surface area contributed by atoms with Crippen molar-refractivity contribution in [2.24, 2.45) is 0 Å². The van der Waals surface area contributed by atoms with Gasteiger partial charge in [0.2, 0.25) is 0 Å². The summed E-state index contributed by atoms with van der Waals surface area (Å²) in [6.07, 6.45) is 1.16. The minimum Gasteiger partial charge on any atom is -0.465 e. The largest absolute Gasteiger partial charge is 0.465 e. The van der Waals surface area contributed by atoms with Gasteiger partial charge in [-0.2, -0.15) is 0 Å². The van der Waals surface area contributed by atoms with Gasteiger partial charge in [0.1, 0.15) is 18.6 Å². The van der Waals surface area contributed by atoms with Crippen LogP contribution in [0.1, 0.15) is 13.8 Å². The average Bonchev–Trinajstić information content (AvgIpc) is 2.36. The molecule has 0 saturated heterocycles. The Morgan fingerprint density at radius 2 is 2.26 bits per heavy atom. The third kappa shape index (κ3) is 4.16. The zero-order valence-electron chi connectivity index (χ0n) is 10.6. The molecule has 0 unspecified atom stereocenters. The fourth-order valence-corrected chi connectivity index (χ4v) is 2.04. The summed E-state index contributed by atoms with van der Waals surface area (Å²) in [6.45, 7) is 4.48. The molecule has 8 heteroatoms. The topological polar surface area (TPSA) is 85.6 Å². The van der Waals surface area contributed by atoms with Gasteiger partial charge < -0.3 is 9.64 Å². The highest BCUT2D eigenvalue weighted by Gasteiger charge is 2.17. The van der Waals surface area contributed by atoms with Crippen molar-refractivity contribution in [3.63, 3.8) is 0 Å². The maximum absolute atomic E-state index is 11.5. The molecule has 0 aliphatic heterocycles. The third-order valence-electron chi connectivity index (χ3n) is 2.32. The molecule has 1 rings (SSSR count). The Morgan fingerprint density at radius 3 is 2.74 bits per heavy atom. The van der Waals surface area contributed by atoms with Crippen LogP contribution >= 0.6 is 15.9 Å². The Bertz CT molecular complexity index is 481. The van der Waals surface area contributed by atoms with Crippen molar-refractivity contribution in [2.45, 2.75) is 13.8 Å². The van der Waals surface area contributed by atoms with Gasteiger partial charge in [-0.25, -0.2) is 4.98 Å². The number of esters is 1. The van der Waals surface area contributed by atoms with E-state index in [2.05, 4.69) is 20.9 Å². The van der Waals surface area contributed by atoms with Crippen LogP contribution in [-0.4, -0.2) is 35.6 Å². The van der Waals surface area contributed by atoms with Crippen molar-refractivity contribution in [3.05, 3.63) is 26.9 Å². The Balaban J connectivity index is 2.92. The molecule has 0 aliphatic carbocycles. The molecule has 0 amide bonds. The van der Waals surface area contributed by atoms with Gasteiger partial charge in [-0.15, -0.1) is 0 Å². The van der Waals surface area contributed by atoms with E-state index >= 15 is 0 Å². The van der Waals surface area contributed by atoms with Crippen LogP contribution in [0.25, 0.3) is 0 Å². The molecule has 19 heavy (non-hydrogen) atoms. The molecule has 0 N–H and O–H groups in total. The first-order valence-electron chi connectivity index (χ1n) is 5.70. The van der Waals surface area contributed by atoms with Gasteiger partial charge in [-0.1, -0.05) is 0 Å². The van der Waals surface area contributed by atoms with E-state index in [1.54, 1.807) is 11.8 Å². The highest BCUT2D eigenvalue weighted by Crippen LogP contribution is 2.27. The van der Waals surface area contributed by atoms with Crippen molar-refractivity contribution in [1.29, 1.82) is 0 Å². The lowest BCUT2D eigenvalue weighted by atomic mass is 10.3. The normalized spacial score (nSPS) is 10.1. The van der Waals surface area contributed by atoms with E-state index in [0.29, 0.717) is 23.4 Å². The minimum atomic E-state index is -0.525. The molecule has 1 aromatic rings. The van der Waals surface area contributed by atoms with E-state index in [-0.39, 0.29) is 18.2 Å². The van der Waals surface area contributed by atoms with Gasteiger partial charge in [0, 0.05) is 12.6 Å². The van der Waals surface area contributed by atoms with E-state index in [1.165, 1.54) is 6.07 Å². The number of nitro groups is 1. The van der Waals surface area contributed by atoms with Gasteiger partial charge in [0.05, 0.1) is 16.0 Å². The molecular weight excluding hydrogens is 318 g/mol. The van der Waals surface area contributed by atoms with Crippen molar-refractivity contribution < 1.29 is 14.5 Å². The van der Waals surface area contributed by atoms with E-state index < -0.39 is 4.92 Å². The lowest BCUT2D eigenvalue weighted by Crippen LogP contribution is -2.31. The predicted molar refractivity (Wildman–Crippen MR) is 73.1 cm³/mol. The number of nitrogens with zero attached hydrogens (tertiary/aromatic N) is 3. The summed E-state index contributed by atoms with van der Waals surface area (Å²) in [6, 6.07) is 1.36. The average molecular weight is 332 g/mol. The summed E-state index contributed by atoms with van der Waals surface area (Å²) >= 11 is 3.23. The van der Waals surface area contributed by atoms with Crippen molar-refractivity contribution >= 4 is 33.4 Å². The van der Waals surface area contributed by atoms with E-state index in [4.69, 9.17) is 4.74 Å². The first-order valence-corrected chi connectivity index (χ1v) is 6.49. The fraction of sp³-hybridized carbons (Fsp3) is 0.455. The van der Waals surface area contributed by atoms with Crippen molar-refractivity contribution in [1.82, 2.24) is 4.98 Å². The number of rotatable bonds is 6. The molecule has 0 spiro atoms. The number of halogens is 1. The van der Waals surface area contributed by atoms with Crippen LogP contribution in [0.4, 0.5) is 11.5 Å². The van der Waals surface area contributed by atoms with Gasteiger partial charge in [0.25, 0.3) is 5.69 Å². The monoisotopic (exact) mass is 331 g/mol. The first-order chi connectivity index (χ1) is 8.99. The molecule has 104 valence electrons. The Morgan fingerprint density at radius 1 is 1.58 bits per heavy atom. The number of anilines is 1. The number of hydrogen-bond donors (Lipinski definition) is 0. The summed E-state index contributed by atoms with van der Waals surface area (Å²) in [5.74, 6) is 0.109. The molecule has 0 fully saturated rings. The second-order valence-corrected chi connectivity index (χ2v) is 4.43. The summed E-state index contributed by atoms with van der Waals surface area (Å²) in [4.78, 5) is 27.2. The van der Waals surface area contributed by atoms with Crippen molar-refractivity contribution in [3.8, 4) is 0 Å². The summed E-state index contributed by atoms with van der Waals surface area (Å²) in [5.41, 5.74) is -0.109. The Labute approximate surface area is 118 Å². The number of aromatic nitrogens is 1. The molecule has 7 nitrogen and oxygen atoms in total. The van der Waals surface area contributed by atoms with Gasteiger partial charge in [-0.05, 0) is 29.8 Å². The number of carbonyl (C=O) groups is 1. The van der Waals surface area contributed by atoms with Crippen LogP contribution in [0.3, 0.4) is 0 Å². The molecule has 1 aromatic heterocycles. The van der Waals surface area contributed by atoms with Crippen LogP contribution in [0.5, 0.6) is 0 Å². The maximum Gasteiger partial charge on any atom is 0.325 e. The standard InChI is InChI=1S/C11H14BrN3O4/c1-3-14(7-10(16)19-4-2)11-9(12)5-8(6-13-11)15(17)18/h5-6H,3-4,7H2,1-2H3. The molecule has 0 atom stereocenters. The lowest BCUT2D eigenvalue weighted by Gasteiger charge is -2.21. The Kier molecular flexibility index (Phi) is 5.68. The number of carbonyl (C=O) groups excluding carboxylic acids is 1. The van der Waals surface area contributed by atoms with Crippen LogP contribution in [0, 0.1) is 10.1 Å². The first kappa shape index (κ1) is 15.4. The van der Waals surface area contributed by atoms with Crippen LogP contribution < -0.4 is 4.90 Å². The molecular formula is C11H14BrN3O4. The van der Waals surface area contributed by atoms with Crippen LogP contribution in [0.15, 0.2) is 16.7 Å². The quantitative estimate of drug-likeness (QED) is 0.451. The molecule has 1 heterocycles. The third-order valence-corrected chi connectivity index (χ3v) is 2.91. The lowest BCUT2D eigenvalue weighted by molar-refractivity contribution is -0.385. The maximum atomic E-state index is 11.5. The SMILES string of the molecule is CCOC(=O)CN(CC)c1ncc([N+](=O)[O-])cc1Br. The van der Waals surface area contributed by atoms with Gasteiger partial charge >= 0.3 is 5.97 Å². The second kappa shape index (κ2) is 7.03. The molecule has 0 aromatic carbocycles. The molecule has 0 saturated carbocycles. The summed E-state index contributed by atoms with van der Waals surface area (Å²) in [5, 5.41) is 10.6. The van der Waals surface area contributed by atoms with E-state index in [0.717, 1.165) is 6.20 Å². The zero-order chi connectivity index (χ0) is 14.4. The number of ether oxygens (including phenoxy) is 1. The molecule has 0 bridgehead atoms. The smallest absolute Gasteiger partial charge is 0.325 e. The minimum absolute atomic E-state index is 0.0494. The van der Waals surface area contributed by atoms with Crippen LogP contribution in [-0.2, 0) is 9.53 Å². The van der Waals surface area contributed by atoms with E-state index in [9.17, 15) is 14.9 Å². The predicted octanol–water partition coefficient (Wildman–Crippen LogP) is 2.14. The molecule has 0 aliphatic rings.